The Balaban J connectivity index is 1.80. The second-order valence-corrected chi connectivity index (χ2v) is 7.30. The van der Waals surface area contributed by atoms with Crippen LogP contribution in [-0.4, -0.2) is 46.3 Å². The number of pyridine rings is 1. The molecule has 8 nitrogen and oxygen atoms in total. The third-order valence-corrected chi connectivity index (χ3v) is 5.08. The number of imidazole rings is 1. The summed E-state index contributed by atoms with van der Waals surface area (Å²) in [5.74, 6) is 0. The molecule has 0 radical (unpaired) electrons. The molecule has 0 aliphatic carbocycles. The predicted octanol–water partition coefficient (Wildman–Crippen LogP) is 1.21. The van der Waals surface area contributed by atoms with Crippen LogP contribution in [0.1, 0.15) is 6.42 Å². The number of nitrogens with one attached hydrogen (secondary N) is 2. The Bertz CT molecular complexity index is 970. The van der Waals surface area contributed by atoms with Crippen molar-refractivity contribution in [1.82, 2.24) is 28.5 Å². The maximum Gasteiger partial charge on any atom is 0.300 e. The van der Waals surface area contributed by atoms with E-state index in [1.807, 2.05) is 16.8 Å². The first-order valence-electron chi connectivity index (χ1n) is 7.03. The van der Waals surface area contributed by atoms with Gasteiger partial charge in [0.2, 0.25) is 0 Å². The van der Waals surface area contributed by atoms with Gasteiger partial charge in [-0.1, -0.05) is 6.58 Å². The molecule has 0 aliphatic heterocycles. The molecule has 2 N–H and O–H groups in total. The van der Waals surface area contributed by atoms with Gasteiger partial charge >= 0.3 is 10.2 Å². The average Bonchev–Trinajstić information content (AvgIpc) is 3.10. The van der Waals surface area contributed by atoms with Crippen molar-refractivity contribution < 1.29 is 8.42 Å². The minimum atomic E-state index is -3.51. The summed E-state index contributed by atoms with van der Waals surface area (Å²) < 4.78 is 29.1. The van der Waals surface area contributed by atoms with Gasteiger partial charge < -0.3 is 9.55 Å². The molecule has 0 saturated carbocycles. The summed E-state index contributed by atoms with van der Waals surface area (Å²) in [6.07, 6.45) is 5.74. The molecule has 0 unspecified atom stereocenters. The van der Waals surface area contributed by atoms with Crippen LogP contribution >= 0.6 is 0 Å². The van der Waals surface area contributed by atoms with Gasteiger partial charge in [-0.05, 0) is 6.07 Å². The fraction of sp³-hybridized carbons (Fsp3) is 0.286. The summed E-state index contributed by atoms with van der Waals surface area (Å²) in [6.45, 7) is 4.35. The molecular formula is C14H18N6O2S. The molecule has 0 spiro atoms. The molecule has 9 heteroatoms. The second kappa shape index (κ2) is 5.67. The van der Waals surface area contributed by atoms with Gasteiger partial charge in [0.1, 0.15) is 11.2 Å². The first-order valence-corrected chi connectivity index (χ1v) is 8.47. The lowest BCUT2D eigenvalue weighted by molar-refractivity contribution is 0.510. The van der Waals surface area contributed by atoms with E-state index in [9.17, 15) is 8.42 Å². The molecule has 0 atom stereocenters. The van der Waals surface area contributed by atoms with Crippen LogP contribution in [0.15, 0.2) is 37.1 Å². The number of aryl methyl sites for hydroxylation is 1. The van der Waals surface area contributed by atoms with E-state index in [0.717, 1.165) is 26.4 Å². The lowest BCUT2D eigenvalue weighted by Crippen LogP contribution is -2.35. The predicted molar refractivity (Wildman–Crippen MR) is 88.9 cm³/mol. The quantitative estimate of drug-likeness (QED) is 0.708. The Hall–Kier alpha value is -2.39. The number of hydrogen-bond donors (Lipinski definition) is 2. The van der Waals surface area contributed by atoms with Crippen molar-refractivity contribution in [3.8, 4) is 0 Å². The number of nitrogens with zero attached hydrogens (tertiary/aromatic N) is 4. The van der Waals surface area contributed by atoms with E-state index in [0.29, 0.717) is 18.7 Å². The molecule has 122 valence electrons. The van der Waals surface area contributed by atoms with Crippen LogP contribution in [0, 0.1) is 0 Å². The number of aromatic amines is 1. The molecule has 0 fully saturated rings. The molecule has 0 aromatic carbocycles. The van der Waals surface area contributed by atoms with Crippen LogP contribution in [-0.2, 0) is 16.8 Å². The minimum Gasteiger partial charge on any atom is -0.346 e. The molecule has 3 rings (SSSR count). The summed E-state index contributed by atoms with van der Waals surface area (Å²) in [5, 5.41) is 0.986. The number of aromatic nitrogens is 4. The Morgan fingerprint density at radius 3 is 2.96 bits per heavy atom. The molecule has 0 amide bonds. The van der Waals surface area contributed by atoms with Gasteiger partial charge in [0.25, 0.3) is 0 Å². The van der Waals surface area contributed by atoms with Crippen LogP contribution < -0.4 is 4.72 Å². The summed E-state index contributed by atoms with van der Waals surface area (Å²) >= 11 is 0. The van der Waals surface area contributed by atoms with Crippen LogP contribution in [0.3, 0.4) is 0 Å². The fourth-order valence-corrected chi connectivity index (χ4v) is 2.97. The van der Waals surface area contributed by atoms with Crippen molar-refractivity contribution in [3.05, 3.63) is 37.1 Å². The molecule has 0 bridgehead atoms. The van der Waals surface area contributed by atoms with Gasteiger partial charge in [-0.2, -0.15) is 12.7 Å². The SMILES string of the molecule is C=C(CCn1cnc2cnc3[nH]ccc3c21)NS(=O)(=O)N(C)C. The lowest BCUT2D eigenvalue weighted by atomic mass is 10.3. The van der Waals surface area contributed by atoms with E-state index in [-0.39, 0.29) is 0 Å². The Morgan fingerprint density at radius 1 is 1.43 bits per heavy atom. The molecule has 3 aromatic rings. The maximum atomic E-state index is 11.8. The van der Waals surface area contributed by atoms with E-state index in [4.69, 9.17) is 0 Å². The van der Waals surface area contributed by atoms with Gasteiger partial charge in [0.05, 0.1) is 18.0 Å². The average molecular weight is 334 g/mol. The molecular weight excluding hydrogens is 316 g/mol. The van der Waals surface area contributed by atoms with Crippen LogP contribution in [0.2, 0.25) is 0 Å². The molecule has 23 heavy (non-hydrogen) atoms. The van der Waals surface area contributed by atoms with Crippen molar-refractivity contribution in [2.45, 2.75) is 13.0 Å². The normalized spacial score (nSPS) is 12.3. The summed E-state index contributed by atoms with van der Waals surface area (Å²) in [5.41, 5.74) is 3.00. The summed E-state index contributed by atoms with van der Waals surface area (Å²) in [6, 6.07) is 1.95. The standard InChI is InChI=1S/C14H18N6O2S/c1-10(18-23(21,22)19(2)3)5-7-20-9-17-12-8-16-14-11(13(12)20)4-6-15-14/h4,6,8-9,18H,1,5,7H2,2-3H3,(H,15,16). The van der Waals surface area contributed by atoms with Gasteiger partial charge in [-0.15, -0.1) is 0 Å². The summed E-state index contributed by atoms with van der Waals surface area (Å²) in [7, 11) is -0.579. The highest BCUT2D eigenvalue weighted by molar-refractivity contribution is 7.87. The van der Waals surface area contributed by atoms with Gasteiger partial charge in [0.15, 0.2) is 0 Å². The molecule has 0 saturated heterocycles. The van der Waals surface area contributed by atoms with E-state index in [1.54, 1.807) is 12.5 Å². The van der Waals surface area contributed by atoms with Crippen molar-refractivity contribution in [2.24, 2.45) is 0 Å². The topological polar surface area (TPSA) is 95.9 Å². The van der Waals surface area contributed by atoms with E-state index in [1.165, 1.54) is 14.1 Å². The zero-order valence-corrected chi connectivity index (χ0v) is 13.8. The molecule has 0 aliphatic rings. The summed E-state index contributed by atoms with van der Waals surface area (Å²) in [4.78, 5) is 11.7. The number of allylic oxidation sites excluding steroid dienone is 1. The Morgan fingerprint density at radius 2 is 2.22 bits per heavy atom. The first-order chi connectivity index (χ1) is 10.9. The third kappa shape index (κ3) is 2.92. The van der Waals surface area contributed by atoms with Gasteiger partial charge in [-0.25, -0.2) is 9.97 Å². The third-order valence-electron chi connectivity index (χ3n) is 3.57. The molecule has 3 aromatic heterocycles. The largest absolute Gasteiger partial charge is 0.346 e. The number of fused-ring (bicyclic) bond motifs is 3. The highest BCUT2D eigenvalue weighted by atomic mass is 32.2. The highest BCUT2D eigenvalue weighted by Crippen LogP contribution is 2.22. The second-order valence-electron chi connectivity index (χ2n) is 5.41. The monoisotopic (exact) mass is 334 g/mol. The fourth-order valence-electron chi connectivity index (χ4n) is 2.32. The Kier molecular flexibility index (Phi) is 3.82. The van der Waals surface area contributed by atoms with Crippen LogP contribution in [0.25, 0.3) is 22.1 Å². The van der Waals surface area contributed by atoms with Crippen LogP contribution in [0.4, 0.5) is 0 Å². The number of H-pyrrole nitrogens is 1. The van der Waals surface area contributed by atoms with Crippen LogP contribution in [0.5, 0.6) is 0 Å². The van der Waals surface area contributed by atoms with Crippen molar-refractivity contribution in [2.75, 3.05) is 14.1 Å². The first kappa shape index (κ1) is 15.5. The molecule has 3 heterocycles. The zero-order valence-electron chi connectivity index (χ0n) is 12.9. The van der Waals surface area contributed by atoms with Crippen molar-refractivity contribution in [3.63, 3.8) is 0 Å². The lowest BCUT2D eigenvalue weighted by Gasteiger charge is -2.15. The maximum absolute atomic E-state index is 11.8. The van der Waals surface area contributed by atoms with Crippen molar-refractivity contribution in [1.29, 1.82) is 0 Å². The van der Waals surface area contributed by atoms with E-state index < -0.39 is 10.2 Å². The van der Waals surface area contributed by atoms with Gasteiger partial charge in [-0.3, -0.25) is 4.72 Å². The van der Waals surface area contributed by atoms with E-state index >= 15 is 0 Å². The van der Waals surface area contributed by atoms with Gasteiger partial charge in [0, 0.05) is 44.3 Å². The Labute approximate surface area is 134 Å². The minimum absolute atomic E-state index is 0.430. The number of hydrogen-bond acceptors (Lipinski definition) is 4. The smallest absolute Gasteiger partial charge is 0.300 e. The number of rotatable bonds is 6. The highest BCUT2D eigenvalue weighted by Gasteiger charge is 2.14. The van der Waals surface area contributed by atoms with E-state index in [2.05, 4.69) is 26.3 Å². The zero-order chi connectivity index (χ0) is 16.6. The van der Waals surface area contributed by atoms with Crippen molar-refractivity contribution >= 4 is 32.3 Å².